The minimum absolute atomic E-state index is 0.0481. The maximum atomic E-state index is 12.5. The van der Waals surface area contributed by atoms with Crippen molar-refractivity contribution in [3.8, 4) is 0 Å². The van der Waals surface area contributed by atoms with E-state index >= 15 is 0 Å². The average molecular weight is 220 g/mol. The number of hydrogen-bond acceptors (Lipinski definition) is 2. The first-order valence-electron chi connectivity index (χ1n) is 3.82. The molecule has 1 aromatic rings. The Kier molecular flexibility index (Phi) is 3.06. The first kappa shape index (κ1) is 10.9. The van der Waals surface area contributed by atoms with Gasteiger partial charge >= 0.3 is 0 Å². The highest BCUT2D eigenvalue weighted by atomic mass is 35.5. The molecule has 14 heavy (non-hydrogen) atoms. The van der Waals surface area contributed by atoms with Gasteiger partial charge in [0.2, 0.25) is 0 Å². The lowest BCUT2D eigenvalue weighted by Crippen LogP contribution is -2.03. The Morgan fingerprint density at radius 2 is 2.07 bits per heavy atom. The van der Waals surface area contributed by atoms with Gasteiger partial charge in [-0.15, -0.1) is 0 Å². The number of Topliss-reactive ketones (excluding diaryl/α,β-unsaturated/α-hetero) is 1. The third-order valence-electron chi connectivity index (χ3n) is 1.81. The first-order valence-corrected chi connectivity index (χ1v) is 4.20. The zero-order chi connectivity index (χ0) is 10.9. The van der Waals surface area contributed by atoms with Crippen LogP contribution in [0.15, 0.2) is 12.1 Å². The van der Waals surface area contributed by atoms with Gasteiger partial charge < -0.3 is 5.73 Å². The highest BCUT2D eigenvalue weighted by Gasteiger charge is 2.20. The van der Waals surface area contributed by atoms with Gasteiger partial charge in [-0.1, -0.05) is 11.6 Å². The van der Waals surface area contributed by atoms with Crippen molar-refractivity contribution >= 4 is 23.1 Å². The maximum Gasteiger partial charge on any atom is 0.266 e. The lowest BCUT2D eigenvalue weighted by Gasteiger charge is -2.09. The fourth-order valence-electron chi connectivity index (χ4n) is 1.13. The molecule has 0 atom stereocenters. The van der Waals surface area contributed by atoms with Crippen LogP contribution < -0.4 is 5.73 Å². The summed E-state index contributed by atoms with van der Waals surface area (Å²) >= 11 is 5.58. The molecule has 0 amide bonds. The number of nitrogens with two attached hydrogens (primary N) is 1. The van der Waals surface area contributed by atoms with Gasteiger partial charge in [-0.3, -0.25) is 4.79 Å². The Morgan fingerprint density at radius 3 is 2.50 bits per heavy atom. The first-order chi connectivity index (χ1) is 6.45. The number of alkyl halides is 2. The predicted octanol–water partition coefficient (Wildman–Crippen LogP) is 3.06. The van der Waals surface area contributed by atoms with Gasteiger partial charge in [-0.25, -0.2) is 8.78 Å². The summed E-state index contributed by atoms with van der Waals surface area (Å²) in [5, 5.41) is -0.243. The molecule has 5 heteroatoms. The zero-order valence-corrected chi connectivity index (χ0v) is 8.11. The largest absolute Gasteiger partial charge is 0.398 e. The summed E-state index contributed by atoms with van der Waals surface area (Å²) < 4.78 is 25.1. The Balaban J connectivity index is 3.45. The van der Waals surface area contributed by atoms with Crippen molar-refractivity contribution < 1.29 is 13.6 Å². The second-order valence-electron chi connectivity index (χ2n) is 2.79. The van der Waals surface area contributed by atoms with Gasteiger partial charge in [-0.2, -0.15) is 0 Å². The number of carbonyl (C=O) groups is 1. The van der Waals surface area contributed by atoms with Crippen molar-refractivity contribution in [1.29, 1.82) is 0 Å². The summed E-state index contributed by atoms with van der Waals surface area (Å²) in [4.78, 5) is 11.0. The molecule has 0 aliphatic carbocycles. The smallest absolute Gasteiger partial charge is 0.266 e. The monoisotopic (exact) mass is 219 g/mol. The van der Waals surface area contributed by atoms with Crippen LogP contribution in [0.5, 0.6) is 0 Å². The summed E-state index contributed by atoms with van der Waals surface area (Å²) in [7, 11) is 0. The topological polar surface area (TPSA) is 43.1 Å². The molecule has 1 rings (SSSR count). The minimum Gasteiger partial charge on any atom is -0.398 e. The molecule has 0 unspecified atom stereocenters. The quantitative estimate of drug-likeness (QED) is 0.614. The van der Waals surface area contributed by atoms with E-state index in [0.29, 0.717) is 0 Å². The Bertz CT molecular complexity index is 379. The van der Waals surface area contributed by atoms with E-state index in [1.54, 1.807) is 0 Å². The van der Waals surface area contributed by atoms with Gasteiger partial charge in [0, 0.05) is 11.1 Å². The third kappa shape index (κ3) is 1.85. The van der Waals surface area contributed by atoms with E-state index in [0.717, 1.165) is 0 Å². The molecule has 0 spiro atoms. The average Bonchev–Trinajstić information content (AvgIpc) is 2.08. The number of rotatable bonds is 2. The highest BCUT2D eigenvalue weighted by molar-refractivity contribution is 6.34. The lowest BCUT2D eigenvalue weighted by atomic mass is 10.0. The van der Waals surface area contributed by atoms with Crippen molar-refractivity contribution in [3.63, 3.8) is 0 Å². The molecule has 0 saturated heterocycles. The number of anilines is 1. The van der Waals surface area contributed by atoms with Gasteiger partial charge in [0.05, 0.1) is 10.7 Å². The molecule has 1 aromatic carbocycles. The van der Waals surface area contributed by atoms with Crippen LogP contribution in [0.4, 0.5) is 14.5 Å². The summed E-state index contributed by atoms with van der Waals surface area (Å²) in [6, 6.07) is 2.59. The van der Waals surface area contributed by atoms with E-state index in [4.69, 9.17) is 17.3 Å². The minimum atomic E-state index is -2.80. The number of carbonyl (C=O) groups excluding carboxylic acids is 1. The number of benzene rings is 1. The number of nitrogen functional groups attached to an aromatic ring is 1. The van der Waals surface area contributed by atoms with Crippen molar-refractivity contribution in [2.24, 2.45) is 0 Å². The van der Waals surface area contributed by atoms with Crippen molar-refractivity contribution in [2.45, 2.75) is 13.3 Å². The Labute approximate surface area is 84.7 Å². The van der Waals surface area contributed by atoms with Crippen LogP contribution in [-0.4, -0.2) is 5.78 Å². The van der Waals surface area contributed by atoms with Crippen LogP contribution in [0.2, 0.25) is 5.02 Å². The Morgan fingerprint density at radius 1 is 1.50 bits per heavy atom. The van der Waals surface area contributed by atoms with Gasteiger partial charge in [0.1, 0.15) is 0 Å². The van der Waals surface area contributed by atoms with E-state index in [2.05, 4.69) is 0 Å². The van der Waals surface area contributed by atoms with Crippen LogP contribution in [0.3, 0.4) is 0 Å². The molecule has 2 nitrogen and oxygen atoms in total. The van der Waals surface area contributed by atoms with Crippen LogP contribution >= 0.6 is 11.6 Å². The fourth-order valence-corrected chi connectivity index (χ4v) is 1.38. The molecule has 0 radical (unpaired) electrons. The standard InChI is InChI=1S/C9H8ClF2NO/c1-4(14)5-2-3-6(13)8(10)7(5)9(11)12/h2-3,9H,13H2,1H3. The molecule has 76 valence electrons. The summed E-state index contributed by atoms with van der Waals surface area (Å²) in [6.07, 6.45) is -2.80. The van der Waals surface area contributed by atoms with E-state index in [9.17, 15) is 13.6 Å². The van der Waals surface area contributed by atoms with Gasteiger partial charge in [-0.05, 0) is 19.1 Å². The highest BCUT2D eigenvalue weighted by Crippen LogP contribution is 2.34. The molecule has 0 aliphatic heterocycles. The van der Waals surface area contributed by atoms with E-state index in [1.807, 2.05) is 0 Å². The summed E-state index contributed by atoms with van der Waals surface area (Å²) in [5.74, 6) is -0.456. The van der Waals surface area contributed by atoms with Crippen molar-refractivity contribution in [3.05, 3.63) is 28.3 Å². The molecule has 0 heterocycles. The SMILES string of the molecule is CC(=O)c1ccc(N)c(Cl)c1C(F)F. The predicted molar refractivity (Wildman–Crippen MR) is 50.8 cm³/mol. The second-order valence-corrected chi connectivity index (χ2v) is 3.16. The molecule has 0 saturated carbocycles. The second kappa shape index (κ2) is 3.92. The van der Waals surface area contributed by atoms with Crippen LogP contribution in [0.1, 0.15) is 29.3 Å². The molecule has 0 fully saturated rings. The molecule has 0 aliphatic rings. The summed E-state index contributed by atoms with van der Waals surface area (Å²) in [5.41, 5.74) is 4.83. The zero-order valence-electron chi connectivity index (χ0n) is 7.35. The fraction of sp³-hybridized carbons (Fsp3) is 0.222. The van der Waals surface area contributed by atoms with Crippen LogP contribution in [0.25, 0.3) is 0 Å². The molecular formula is C9H8ClF2NO. The third-order valence-corrected chi connectivity index (χ3v) is 2.23. The Hall–Kier alpha value is -1.16. The number of hydrogen-bond donors (Lipinski definition) is 1. The van der Waals surface area contributed by atoms with Crippen LogP contribution in [0, 0.1) is 0 Å². The van der Waals surface area contributed by atoms with E-state index < -0.39 is 17.8 Å². The molecule has 0 aromatic heterocycles. The maximum absolute atomic E-state index is 12.5. The summed E-state index contributed by atoms with van der Waals surface area (Å²) in [6.45, 7) is 1.20. The van der Waals surface area contributed by atoms with Gasteiger partial charge in [0.25, 0.3) is 6.43 Å². The van der Waals surface area contributed by atoms with Crippen molar-refractivity contribution in [2.75, 3.05) is 5.73 Å². The number of ketones is 1. The normalized spacial score (nSPS) is 10.6. The van der Waals surface area contributed by atoms with Gasteiger partial charge in [0.15, 0.2) is 5.78 Å². The van der Waals surface area contributed by atoms with E-state index in [1.165, 1.54) is 19.1 Å². The lowest BCUT2D eigenvalue weighted by molar-refractivity contribution is 0.0999. The van der Waals surface area contributed by atoms with E-state index in [-0.39, 0.29) is 16.3 Å². The molecule has 2 N–H and O–H groups in total. The number of halogens is 3. The van der Waals surface area contributed by atoms with Crippen LogP contribution in [-0.2, 0) is 0 Å². The molecular weight excluding hydrogens is 212 g/mol. The molecule has 0 bridgehead atoms. The van der Waals surface area contributed by atoms with Crippen molar-refractivity contribution in [1.82, 2.24) is 0 Å².